The fraction of sp³-hybridized carbons (Fsp3) is 0.357. The summed E-state index contributed by atoms with van der Waals surface area (Å²) in [5.41, 5.74) is -0.443. The van der Waals surface area contributed by atoms with Gasteiger partial charge in [0, 0.05) is 0 Å². The van der Waals surface area contributed by atoms with E-state index in [-0.39, 0.29) is 67.5 Å². The molecule has 0 saturated carbocycles. The van der Waals surface area contributed by atoms with Crippen LogP contribution in [0.4, 0.5) is 0 Å². The van der Waals surface area contributed by atoms with Crippen molar-refractivity contribution < 1.29 is 85.8 Å². The third-order valence-electron chi connectivity index (χ3n) is 2.15. The van der Waals surface area contributed by atoms with E-state index in [2.05, 4.69) is 4.74 Å². The summed E-state index contributed by atoms with van der Waals surface area (Å²) < 4.78 is 9.28. The molecule has 5 nitrogen and oxygen atoms in total. The van der Waals surface area contributed by atoms with Crippen molar-refractivity contribution in [3.05, 3.63) is 35.9 Å². The van der Waals surface area contributed by atoms with Crippen molar-refractivity contribution in [2.45, 2.75) is 20.8 Å². The normalized spacial score (nSPS) is 9.67. The fourth-order valence-electron chi connectivity index (χ4n) is 1.11. The largest absolute Gasteiger partial charge is 1.00 e. The number of hydrogen-bond acceptors (Lipinski definition) is 5. The van der Waals surface area contributed by atoms with Gasteiger partial charge in [-0.2, -0.15) is 0 Å². The van der Waals surface area contributed by atoms with E-state index in [1.165, 1.54) is 12.1 Å². The topological polar surface area (TPSA) is 69.7 Å². The molecule has 0 amide bonds. The van der Waals surface area contributed by atoms with E-state index < -0.39 is 29.9 Å². The molecule has 0 fully saturated rings. The van der Waals surface area contributed by atoms with Crippen molar-refractivity contribution >= 4 is 17.9 Å². The number of esters is 3. The molecule has 1 aromatic rings. The van der Waals surface area contributed by atoms with Gasteiger partial charge in [0.1, 0.15) is 0 Å². The summed E-state index contributed by atoms with van der Waals surface area (Å²) in [5, 5.41) is 0. The predicted octanol–water partition coefficient (Wildman–Crippen LogP) is -3.81. The maximum atomic E-state index is 11.5. The zero-order valence-electron chi connectivity index (χ0n) is 15.1. The molecule has 7 heteroatoms. The first-order valence-electron chi connectivity index (χ1n) is 5.78. The minimum absolute atomic E-state index is 0. The SMILES string of the molecule is CC(C)(C)C(=O)OCC(=O)OC(=O)c1ccccc1.[H-].[H-].[Na+].[Na+]. The zero-order valence-corrected chi connectivity index (χ0v) is 17.1. The average Bonchev–Trinajstić information content (AvgIpc) is 2.35. The first-order chi connectivity index (χ1) is 8.80. The van der Waals surface area contributed by atoms with Crippen LogP contribution in [-0.4, -0.2) is 24.5 Å². The first kappa shape index (κ1) is 23.1. The minimum Gasteiger partial charge on any atom is -1.00 e. The molecule has 0 heterocycles. The second kappa shape index (κ2) is 10.5. The van der Waals surface area contributed by atoms with Gasteiger partial charge < -0.3 is 12.3 Å². The molecule has 0 spiro atoms. The van der Waals surface area contributed by atoms with E-state index in [0.717, 1.165) is 0 Å². The Kier molecular flexibility index (Phi) is 11.6. The minimum atomic E-state index is -0.897. The Morgan fingerprint density at radius 3 is 2.05 bits per heavy atom. The van der Waals surface area contributed by atoms with E-state index in [4.69, 9.17) is 4.74 Å². The Hall–Kier alpha value is -0.170. The Bertz CT molecular complexity index is 490. The molecule has 0 N–H and O–H groups in total. The standard InChI is InChI=1S/C14H16O5.2Na.2H/c1-14(2,3)13(17)18-9-11(15)19-12(16)10-7-5-4-6-8-10;;;;/h4-8H,9H2,1-3H3;;;;/q;2*+1;2*-1. The molecule has 106 valence electrons. The maximum absolute atomic E-state index is 11.5. The van der Waals surface area contributed by atoms with Gasteiger partial charge in [0.25, 0.3) is 0 Å². The second-order valence-corrected chi connectivity index (χ2v) is 4.95. The van der Waals surface area contributed by atoms with Crippen LogP contribution >= 0.6 is 0 Å². The Morgan fingerprint density at radius 1 is 1.05 bits per heavy atom. The summed E-state index contributed by atoms with van der Waals surface area (Å²) in [6.45, 7) is 4.41. The summed E-state index contributed by atoms with van der Waals surface area (Å²) in [4.78, 5) is 34.3. The van der Waals surface area contributed by atoms with Crippen molar-refractivity contribution in [3.8, 4) is 0 Å². The van der Waals surface area contributed by atoms with Crippen molar-refractivity contribution in [1.29, 1.82) is 0 Å². The number of rotatable bonds is 3. The third kappa shape index (κ3) is 8.76. The van der Waals surface area contributed by atoms with Gasteiger partial charge in [-0.3, -0.25) is 4.79 Å². The Balaban J connectivity index is -0.000000451. The molecule has 0 bridgehead atoms. The number of carbonyl (C=O) groups excluding carboxylic acids is 3. The van der Waals surface area contributed by atoms with E-state index in [1.807, 2.05) is 0 Å². The van der Waals surface area contributed by atoms with Gasteiger partial charge in [-0.25, -0.2) is 9.59 Å². The molecule has 0 aliphatic carbocycles. The van der Waals surface area contributed by atoms with Crippen LogP contribution in [0.1, 0.15) is 34.0 Å². The average molecular weight is 312 g/mol. The zero-order chi connectivity index (χ0) is 14.5. The quantitative estimate of drug-likeness (QED) is 0.325. The molecule has 0 atom stereocenters. The van der Waals surface area contributed by atoms with E-state index in [0.29, 0.717) is 0 Å². The number of carbonyl (C=O) groups is 3. The molecule has 0 aliphatic heterocycles. The Morgan fingerprint density at radius 2 is 1.57 bits per heavy atom. The second-order valence-electron chi connectivity index (χ2n) is 4.95. The maximum Gasteiger partial charge on any atom is 1.00 e. The molecule has 0 radical (unpaired) electrons. The van der Waals surface area contributed by atoms with Gasteiger partial charge in [0.15, 0.2) is 6.61 Å². The summed E-state index contributed by atoms with van der Waals surface area (Å²) in [7, 11) is 0. The van der Waals surface area contributed by atoms with Crippen LogP contribution in [0.15, 0.2) is 30.3 Å². The van der Waals surface area contributed by atoms with Gasteiger partial charge in [-0.15, -0.1) is 0 Å². The molecule has 0 aliphatic rings. The molecule has 21 heavy (non-hydrogen) atoms. The van der Waals surface area contributed by atoms with Crippen LogP contribution in [0, 0.1) is 5.41 Å². The van der Waals surface area contributed by atoms with Crippen LogP contribution in [-0.2, 0) is 19.1 Å². The van der Waals surface area contributed by atoms with Gasteiger partial charge >= 0.3 is 77.0 Å². The van der Waals surface area contributed by atoms with Crippen LogP contribution in [0.3, 0.4) is 0 Å². The molecule has 1 aromatic carbocycles. The number of ether oxygens (including phenoxy) is 2. The smallest absolute Gasteiger partial charge is 1.00 e. The third-order valence-corrected chi connectivity index (χ3v) is 2.15. The summed E-state index contributed by atoms with van der Waals surface area (Å²) >= 11 is 0. The van der Waals surface area contributed by atoms with Crippen LogP contribution in [0.5, 0.6) is 0 Å². The molecule has 0 aromatic heterocycles. The number of benzene rings is 1. The van der Waals surface area contributed by atoms with Crippen LogP contribution in [0.25, 0.3) is 0 Å². The summed E-state index contributed by atoms with van der Waals surface area (Å²) in [6, 6.07) is 8.10. The summed E-state index contributed by atoms with van der Waals surface area (Å²) in [5.74, 6) is -2.19. The van der Waals surface area contributed by atoms with Crippen molar-refractivity contribution in [2.75, 3.05) is 6.61 Å². The van der Waals surface area contributed by atoms with E-state index >= 15 is 0 Å². The predicted molar refractivity (Wildman–Crippen MR) is 69.5 cm³/mol. The molecule has 1 rings (SSSR count). The van der Waals surface area contributed by atoms with Crippen molar-refractivity contribution in [2.24, 2.45) is 5.41 Å². The van der Waals surface area contributed by atoms with E-state index in [1.54, 1.807) is 39.0 Å². The van der Waals surface area contributed by atoms with Crippen LogP contribution in [0.2, 0.25) is 0 Å². The fourth-order valence-corrected chi connectivity index (χ4v) is 1.11. The van der Waals surface area contributed by atoms with Gasteiger partial charge in [0.05, 0.1) is 11.0 Å². The number of hydrogen-bond donors (Lipinski definition) is 0. The van der Waals surface area contributed by atoms with Crippen molar-refractivity contribution in [1.82, 2.24) is 0 Å². The van der Waals surface area contributed by atoms with Crippen LogP contribution < -0.4 is 59.1 Å². The molecule has 0 unspecified atom stereocenters. The van der Waals surface area contributed by atoms with Gasteiger partial charge in [-0.1, -0.05) is 18.2 Å². The summed E-state index contributed by atoms with van der Waals surface area (Å²) in [6.07, 6.45) is 0. The van der Waals surface area contributed by atoms with Gasteiger partial charge in [0.2, 0.25) is 0 Å². The monoisotopic (exact) mass is 312 g/mol. The van der Waals surface area contributed by atoms with E-state index in [9.17, 15) is 14.4 Å². The molecular weight excluding hydrogens is 294 g/mol. The first-order valence-corrected chi connectivity index (χ1v) is 5.78. The molecular formula is C14H18Na2O5. The van der Waals surface area contributed by atoms with Crippen molar-refractivity contribution in [3.63, 3.8) is 0 Å². The Labute approximate surface area is 171 Å². The van der Waals surface area contributed by atoms with Gasteiger partial charge in [-0.05, 0) is 32.9 Å². The molecule has 0 saturated heterocycles.